The van der Waals surface area contributed by atoms with Crippen molar-refractivity contribution in [1.82, 2.24) is 4.98 Å². The van der Waals surface area contributed by atoms with Gasteiger partial charge in [0, 0.05) is 4.88 Å². The van der Waals surface area contributed by atoms with Crippen molar-refractivity contribution in [2.24, 2.45) is 5.10 Å². The number of amides is 1. The largest absolute Gasteiger partial charge is 0.484 e. The summed E-state index contributed by atoms with van der Waals surface area (Å²) in [5.41, 5.74) is 1.99. The number of aryl methyl sites for hydroxylation is 1. The molecule has 0 N–H and O–H groups in total. The van der Waals surface area contributed by atoms with Crippen LogP contribution >= 0.6 is 22.7 Å². The first-order chi connectivity index (χ1) is 13.7. The first kappa shape index (κ1) is 18.3. The maximum atomic E-state index is 12.9. The third kappa shape index (κ3) is 4.27. The smallest absolute Gasteiger partial charge is 0.287 e. The molecule has 0 atom stereocenters. The molecule has 2 heterocycles. The Kier molecular flexibility index (Phi) is 5.45. The normalized spacial score (nSPS) is 11.2. The van der Waals surface area contributed by atoms with Crippen LogP contribution in [-0.4, -0.2) is 23.7 Å². The van der Waals surface area contributed by atoms with Crippen molar-refractivity contribution in [3.63, 3.8) is 0 Å². The number of ether oxygens (including phenoxy) is 1. The summed E-state index contributed by atoms with van der Waals surface area (Å²) in [6, 6.07) is 19.2. The molecule has 140 valence electrons. The van der Waals surface area contributed by atoms with Crippen molar-refractivity contribution in [1.29, 1.82) is 0 Å². The summed E-state index contributed by atoms with van der Waals surface area (Å²) >= 11 is 2.99. The number of rotatable bonds is 6. The number of carbonyl (C=O) groups is 1. The van der Waals surface area contributed by atoms with Crippen LogP contribution < -0.4 is 9.75 Å². The number of hydrazone groups is 1. The number of hydrogen-bond donors (Lipinski definition) is 0. The van der Waals surface area contributed by atoms with Crippen molar-refractivity contribution < 1.29 is 9.53 Å². The highest BCUT2D eigenvalue weighted by atomic mass is 32.1. The Labute approximate surface area is 170 Å². The van der Waals surface area contributed by atoms with Gasteiger partial charge >= 0.3 is 0 Å². The van der Waals surface area contributed by atoms with Crippen molar-refractivity contribution in [3.8, 4) is 5.75 Å². The Bertz CT molecular complexity index is 1110. The average molecular weight is 408 g/mol. The van der Waals surface area contributed by atoms with Crippen LogP contribution in [-0.2, 0) is 4.79 Å². The lowest BCUT2D eigenvalue weighted by Gasteiger charge is -2.14. The summed E-state index contributed by atoms with van der Waals surface area (Å²) in [7, 11) is 0. The zero-order valence-corrected chi connectivity index (χ0v) is 16.7. The number of para-hydroxylation sites is 1. The van der Waals surface area contributed by atoms with Crippen molar-refractivity contribution in [2.75, 3.05) is 11.6 Å². The number of carbonyl (C=O) groups excluding carboxylic acids is 1. The van der Waals surface area contributed by atoms with Crippen molar-refractivity contribution >= 4 is 50.1 Å². The van der Waals surface area contributed by atoms with Gasteiger partial charge in [0.2, 0.25) is 5.13 Å². The Morgan fingerprint density at radius 3 is 2.82 bits per heavy atom. The number of thiazole rings is 1. The fourth-order valence-corrected chi connectivity index (χ4v) is 4.15. The number of nitrogens with zero attached hydrogens (tertiary/aromatic N) is 3. The van der Waals surface area contributed by atoms with Gasteiger partial charge < -0.3 is 4.74 Å². The first-order valence-electron chi connectivity index (χ1n) is 8.64. The van der Waals surface area contributed by atoms with E-state index in [0.29, 0.717) is 10.9 Å². The van der Waals surface area contributed by atoms with E-state index in [0.717, 1.165) is 20.7 Å². The van der Waals surface area contributed by atoms with Crippen molar-refractivity contribution in [3.05, 3.63) is 76.5 Å². The summed E-state index contributed by atoms with van der Waals surface area (Å²) < 4.78 is 6.63. The number of thiophene rings is 1. The Hall–Kier alpha value is -3.03. The molecule has 0 spiro atoms. The molecule has 5 nitrogen and oxygen atoms in total. The van der Waals surface area contributed by atoms with Crippen LogP contribution in [0.25, 0.3) is 10.2 Å². The van der Waals surface area contributed by atoms with E-state index in [1.165, 1.54) is 16.3 Å². The minimum atomic E-state index is -0.285. The predicted molar refractivity (Wildman–Crippen MR) is 116 cm³/mol. The second-order valence-corrected chi connectivity index (χ2v) is 8.02. The Morgan fingerprint density at radius 2 is 2.04 bits per heavy atom. The zero-order chi connectivity index (χ0) is 19.3. The summed E-state index contributed by atoms with van der Waals surface area (Å²) in [6.07, 6.45) is 1.67. The molecular weight excluding hydrogens is 390 g/mol. The number of fused-ring (bicyclic) bond motifs is 1. The van der Waals surface area contributed by atoms with Gasteiger partial charge in [-0.1, -0.05) is 41.7 Å². The van der Waals surface area contributed by atoms with Gasteiger partial charge in [0.05, 0.1) is 16.4 Å². The molecule has 0 fully saturated rings. The topological polar surface area (TPSA) is 54.8 Å². The molecule has 28 heavy (non-hydrogen) atoms. The molecule has 4 rings (SSSR count). The van der Waals surface area contributed by atoms with E-state index in [-0.39, 0.29) is 12.5 Å². The SMILES string of the molecule is Cc1ccc2nc(N(/N=C\c3cccs3)C(=O)COc3ccccc3)sc2c1. The van der Waals surface area contributed by atoms with Gasteiger partial charge in [-0.05, 0) is 48.2 Å². The molecular formula is C21H17N3O2S2. The van der Waals surface area contributed by atoms with Crippen LogP contribution in [0.5, 0.6) is 5.75 Å². The van der Waals surface area contributed by atoms with Crippen LogP contribution in [0.4, 0.5) is 5.13 Å². The Morgan fingerprint density at radius 1 is 1.18 bits per heavy atom. The summed E-state index contributed by atoms with van der Waals surface area (Å²) in [5.74, 6) is 0.352. The molecule has 0 aliphatic heterocycles. The van der Waals surface area contributed by atoms with Crippen LogP contribution in [0.2, 0.25) is 0 Å². The van der Waals surface area contributed by atoms with Gasteiger partial charge in [0.1, 0.15) is 5.75 Å². The average Bonchev–Trinajstić information content (AvgIpc) is 3.37. The summed E-state index contributed by atoms with van der Waals surface area (Å²) in [5, 5.41) is 8.21. The lowest BCUT2D eigenvalue weighted by Crippen LogP contribution is -2.30. The molecule has 0 saturated heterocycles. The number of benzene rings is 2. The third-order valence-electron chi connectivity index (χ3n) is 3.90. The molecule has 0 radical (unpaired) electrons. The van der Waals surface area contributed by atoms with Gasteiger partial charge in [0.25, 0.3) is 5.91 Å². The molecule has 1 amide bonds. The van der Waals surface area contributed by atoms with Crippen LogP contribution in [0, 0.1) is 6.92 Å². The number of hydrogen-bond acceptors (Lipinski definition) is 6. The van der Waals surface area contributed by atoms with Gasteiger partial charge in [-0.15, -0.1) is 11.3 Å². The van der Waals surface area contributed by atoms with E-state index in [9.17, 15) is 4.79 Å². The highest BCUT2D eigenvalue weighted by Crippen LogP contribution is 2.30. The minimum Gasteiger partial charge on any atom is -0.484 e. The molecule has 0 saturated carbocycles. The van der Waals surface area contributed by atoms with Crippen LogP contribution in [0.3, 0.4) is 0 Å². The highest BCUT2D eigenvalue weighted by molar-refractivity contribution is 7.22. The summed E-state index contributed by atoms with van der Waals surface area (Å²) in [6.45, 7) is 1.91. The molecule has 2 aromatic heterocycles. The zero-order valence-electron chi connectivity index (χ0n) is 15.1. The maximum Gasteiger partial charge on any atom is 0.287 e. The van der Waals surface area contributed by atoms with Crippen LogP contribution in [0.1, 0.15) is 10.4 Å². The molecule has 0 aliphatic carbocycles. The third-order valence-corrected chi connectivity index (χ3v) is 5.70. The molecule has 2 aromatic carbocycles. The lowest BCUT2D eigenvalue weighted by atomic mass is 10.2. The Balaban J connectivity index is 1.61. The van der Waals surface area contributed by atoms with Gasteiger partial charge in [0.15, 0.2) is 6.61 Å². The van der Waals surface area contributed by atoms with E-state index < -0.39 is 0 Å². The van der Waals surface area contributed by atoms with Crippen LogP contribution in [0.15, 0.2) is 71.1 Å². The fourth-order valence-electron chi connectivity index (χ4n) is 2.53. The number of anilines is 1. The molecule has 0 bridgehead atoms. The minimum absolute atomic E-state index is 0.124. The fraction of sp³-hybridized carbons (Fsp3) is 0.0952. The van der Waals surface area contributed by atoms with E-state index in [1.54, 1.807) is 17.6 Å². The van der Waals surface area contributed by atoms with E-state index in [4.69, 9.17) is 4.74 Å². The van der Waals surface area contributed by atoms with E-state index in [1.807, 2.05) is 66.9 Å². The second-order valence-electron chi connectivity index (χ2n) is 6.03. The van der Waals surface area contributed by atoms with Crippen molar-refractivity contribution in [2.45, 2.75) is 6.92 Å². The molecule has 0 aliphatic rings. The first-order valence-corrected chi connectivity index (χ1v) is 10.3. The lowest BCUT2D eigenvalue weighted by molar-refractivity contribution is -0.120. The highest BCUT2D eigenvalue weighted by Gasteiger charge is 2.20. The number of aromatic nitrogens is 1. The maximum absolute atomic E-state index is 12.9. The van der Waals surface area contributed by atoms with Gasteiger partial charge in [-0.3, -0.25) is 4.79 Å². The standard InChI is InChI=1S/C21H17N3O2S2/c1-15-9-10-18-19(12-15)28-21(23-18)24(22-13-17-8-5-11-27-17)20(25)14-26-16-6-3-2-4-7-16/h2-13H,14H2,1H3/b22-13-. The van der Waals surface area contributed by atoms with Gasteiger partial charge in [-0.25, -0.2) is 4.98 Å². The molecule has 4 aromatic rings. The monoisotopic (exact) mass is 407 g/mol. The van der Waals surface area contributed by atoms with Gasteiger partial charge in [-0.2, -0.15) is 10.1 Å². The molecule has 0 unspecified atom stereocenters. The van der Waals surface area contributed by atoms with E-state index >= 15 is 0 Å². The quantitative estimate of drug-likeness (QED) is 0.330. The second kappa shape index (κ2) is 8.33. The predicted octanol–water partition coefficient (Wildman–Crippen LogP) is 5.11. The molecule has 7 heteroatoms. The summed E-state index contributed by atoms with van der Waals surface area (Å²) in [4.78, 5) is 18.4. The van der Waals surface area contributed by atoms with E-state index in [2.05, 4.69) is 16.2 Å².